The van der Waals surface area contributed by atoms with Crippen molar-refractivity contribution in [3.05, 3.63) is 0 Å². The summed E-state index contributed by atoms with van der Waals surface area (Å²) >= 11 is 0. The maximum Gasteiger partial charge on any atom is 0.338 e. The van der Waals surface area contributed by atoms with Gasteiger partial charge in [0.05, 0.1) is 7.11 Å². The molecule has 0 aromatic rings. The van der Waals surface area contributed by atoms with Gasteiger partial charge in [-0.05, 0) is 19.4 Å². The Morgan fingerprint density at radius 1 is 1.62 bits per heavy atom. The lowest BCUT2D eigenvalue weighted by Gasteiger charge is -2.21. The van der Waals surface area contributed by atoms with Gasteiger partial charge in [0, 0.05) is 6.54 Å². The third kappa shape index (κ3) is 4.85. The Morgan fingerprint density at radius 2 is 2.15 bits per heavy atom. The van der Waals surface area contributed by atoms with Crippen molar-refractivity contribution in [1.29, 1.82) is 0 Å². The summed E-state index contributed by atoms with van der Waals surface area (Å²) in [7, 11) is 1.26. The summed E-state index contributed by atoms with van der Waals surface area (Å²) in [5, 5.41) is 12.5. The molecule has 0 aromatic heterocycles. The number of methoxy groups -OCH3 is 1. The number of hydrogen-bond acceptors (Lipinski definition) is 4. The molecule has 0 spiro atoms. The van der Waals surface area contributed by atoms with Crippen LogP contribution in [0.5, 0.6) is 0 Å². The minimum absolute atomic E-state index is 0.220. The molecule has 0 aliphatic carbocycles. The Kier molecular flexibility index (Phi) is 4.95. The van der Waals surface area contributed by atoms with Crippen molar-refractivity contribution in [2.45, 2.75) is 26.4 Å². The van der Waals surface area contributed by atoms with Gasteiger partial charge < -0.3 is 15.2 Å². The van der Waals surface area contributed by atoms with E-state index >= 15 is 0 Å². The number of aliphatic hydroxyl groups is 1. The van der Waals surface area contributed by atoms with Crippen LogP contribution in [0.1, 0.15) is 20.8 Å². The first kappa shape index (κ1) is 12.4. The van der Waals surface area contributed by atoms with Crippen molar-refractivity contribution in [1.82, 2.24) is 5.32 Å². The predicted octanol–water partition coefficient (Wildman–Crippen LogP) is 0.156. The van der Waals surface area contributed by atoms with Crippen LogP contribution in [0, 0.1) is 5.92 Å². The molecule has 1 atom stereocenters. The highest BCUT2D eigenvalue weighted by molar-refractivity contribution is 5.78. The molecule has 2 N–H and O–H groups in total. The van der Waals surface area contributed by atoms with Crippen molar-refractivity contribution in [2.24, 2.45) is 5.92 Å². The summed E-state index contributed by atoms with van der Waals surface area (Å²) in [4.78, 5) is 11.0. The molecule has 1 unspecified atom stereocenters. The summed E-state index contributed by atoms with van der Waals surface area (Å²) in [5.41, 5.74) is -1.43. The molecule has 0 aromatic carbocycles. The first-order chi connectivity index (χ1) is 5.90. The van der Waals surface area contributed by atoms with E-state index in [4.69, 9.17) is 0 Å². The van der Waals surface area contributed by atoms with Crippen LogP contribution in [0.2, 0.25) is 0 Å². The quantitative estimate of drug-likeness (QED) is 0.605. The normalized spacial score (nSPS) is 15.5. The summed E-state index contributed by atoms with van der Waals surface area (Å²) in [5.74, 6) is -0.114. The average molecular weight is 189 g/mol. The predicted molar refractivity (Wildman–Crippen MR) is 50.3 cm³/mol. The van der Waals surface area contributed by atoms with Gasteiger partial charge in [0.25, 0.3) is 0 Å². The van der Waals surface area contributed by atoms with Crippen LogP contribution in [-0.4, -0.2) is 36.9 Å². The van der Waals surface area contributed by atoms with E-state index in [1.807, 2.05) is 0 Å². The molecular formula is C9H19NO3. The fraction of sp³-hybridized carbons (Fsp3) is 0.889. The summed E-state index contributed by atoms with van der Waals surface area (Å²) in [6, 6.07) is 0. The van der Waals surface area contributed by atoms with Gasteiger partial charge >= 0.3 is 5.97 Å². The van der Waals surface area contributed by atoms with E-state index in [9.17, 15) is 9.90 Å². The van der Waals surface area contributed by atoms with Crippen molar-refractivity contribution in [3.63, 3.8) is 0 Å². The van der Waals surface area contributed by atoms with E-state index in [1.54, 1.807) is 0 Å². The van der Waals surface area contributed by atoms with E-state index in [1.165, 1.54) is 14.0 Å². The molecule has 0 radical (unpaired) electrons. The zero-order valence-electron chi connectivity index (χ0n) is 8.76. The molecule has 4 heteroatoms. The molecule has 0 aliphatic rings. The zero-order valence-corrected chi connectivity index (χ0v) is 8.76. The van der Waals surface area contributed by atoms with Crippen molar-refractivity contribution in [3.8, 4) is 0 Å². The Labute approximate surface area is 79.3 Å². The smallest absolute Gasteiger partial charge is 0.338 e. The summed E-state index contributed by atoms with van der Waals surface area (Å²) < 4.78 is 4.44. The fourth-order valence-corrected chi connectivity index (χ4v) is 0.896. The van der Waals surface area contributed by atoms with E-state index in [-0.39, 0.29) is 6.54 Å². The Balaban J connectivity index is 3.82. The van der Waals surface area contributed by atoms with Crippen LogP contribution in [0.25, 0.3) is 0 Å². The zero-order chi connectivity index (χ0) is 10.5. The molecule has 0 aliphatic heterocycles. The third-order valence-electron chi connectivity index (χ3n) is 1.65. The standard InChI is InChI=1S/C9H19NO3/c1-7(2)5-10-6-9(3,12)8(11)13-4/h7,10,12H,5-6H2,1-4H3. The lowest BCUT2D eigenvalue weighted by atomic mass is 10.1. The number of nitrogens with one attached hydrogen (secondary N) is 1. The first-order valence-electron chi connectivity index (χ1n) is 4.41. The van der Waals surface area contributed by atoms with Gasteiger partial charge in [0.2, 0.25) is 0 Å². The van der Waals surface area contributed by atoms with Crippen LogP contribution >= 0.6 is 0 Å². The lowest BCUT2D eigenvalue weighted by Crippen LogP contribution is -2.46. The van der Waals surface area contributed by atoms with Gasteiger partial charge in [-0.3, -0.25) is 0 Å². The molecule has 0 saturated carbocycles. The second-order valence-electron chi connectivity index (χ2n) is 3.79. The number of ether oxygens (including phenoxy) is 1. The maximum absolute atomic E-state index is 11.0. The number of carbonyl (C=O) groups is 1. The topological polar surface area (TPSA) is 58.6 Å². The molecule has 0 amide bonds. The number of rotatable bonds is 5. The number of hydrogen-bond donors (Lipinski definition) is 2. The van der Waals surface area contributed by atoms with Crippen LogP contribution in [0.4, 0.5) is 0 Å². The molecule has 4 nitrogen and oxygen atoms in total. The van der Waals surface area contributed by atoms with Crippen LogP contribution < -0.4 is 5.32 Å². The van der Waals surface area contributed by atoms with Crippen LogP contribution in [0.3, 0.4) is 0 Å². The third-order valence-corrected chi connectivity index (χ3v) is 1.65. The van der Waals surface area contributed by atoms with Gasteiger partial charge in [-0.2, -0.15) is 0 Å². The molecule has 0 rings (SSSR count). The maximum atomic E-state index is 11.0. The number of carbonyl (C=O) groups excluding carboxylic acids is 1. The minimum Gasteiger partial charge on any atom is -0.467 e. The highest BCUT2D eigenvalue weighted by Gasteiger charge is 2.30. The SMILES string of the molecule is COC(=O)C(C)(O)CNCC(C)C. The van der Waals surface area contributed by atoms with E-state index < -0.39 is 11.6 Å². The minimum atomic E-state index is -1.43. The molecule has 13 heavy (non-hydrogen) atoms. The Hall–Kier alpha value is -0.610. The largest absolute Gasteiger partial charge is 0.467 e. The Bertz CT molecular complexity index is 166. The van der Waals surface area contributed by atoms with Crippen molar-refractivity contribution < 1.29 is 14.6 Å². The van der Waals surface area contributed by atoms with E-state index in [0.29, 0.717) is 5.92 Å². The van der Waals surface area contributed by atoms with E-state index in [0.717, 1.165) is 6.54 Å². The van der Waals surface area contributed by atoms with Gasteiger partial charge in [-0.15, -0.1) is 0 Å². The fourth-order valence-electron chi connectivity index (χ4n) is 0.896. The number of esters is 1. The van der Waals surface area contributed by atoms with Crippen LogP contribution in [0.15, 0.2) is 0 Å². The van der Waals surface area contributed by atoms with Gasteiger partial charge in [0.1, 0.15) is 0 Å². The molecule has 78 valence electrons. The second-order valence-corrected chi connectivity index (χ2v) is 3.79. The van der Waals surface area contributed by atoms with Crippen LogP contribution in [-0.2, 0) is 9.53 Å². The summed E-state index contributed by atoms with van der Waals surface area (Å²) in [6.45, 7) is 6.54. The highest BCUT2D eigenvalue weighted by Crippen LogP contribution is 2.03. The van der Waals surface area contributed by atoms with Crippen molar-refractivity contribution >= 4 is 5.97 Å². The summed E-state index contributed by atoms with van der Waals surface area (Å²) in [6.07, 6.45) is 0. The van der Waals surface area contributed by atoms with E-state index in [2.05, 4.69) is 23.9 Å². The molecule has 0 saturated heterocycles. The Morgan fingerprint density at radius 3 is 2.54 bits per heavy atom. The van der Waals surface area contributed by atoms with Gasteiger partial charge in [-0.25, -0.2) is 4.79 Å². The van der Waals surface area contributed by atoms with Gasteiger partial charge in [-0.1, -0.05) is 13.8 Å². The highest BCUT2D eigenvalue weighted by atomic mass is 16.5. The van der Waals surface area contributed by atoms with Gasteiger partial charge in [0.15, 0.2) is 5.60 Å². The van der Waals surface area contributed by atoms with Crippen molar-refractivity contribution in [2.75, 3.05) is 20.2 Å². The lowest BCUT2D eigenvalue weighted by molar-refractivity contribution is -0.159. The second kappa shape index (κ2) is 5.19. The molecule has 0 fully saturated rings. The average Bonchev–Trinajstić information content (AvgIpc) is 2.01. The molecule has 0 heterocycles. The molecule has 0 bridgehead atoms. The monoisotopic (exact) mass is 189 g/mol. The molecular weight excluding hydrogens is 170 g/mol. The first-order valence-corrected chi connectivity index (χ1v) is 4.41.